The maximum atomic E-state index is 12.4. The maximum Gasteiger partial charge on any atom is 0.330 e. The summed E-state index contributed by atoms with van der Waals surface area (Å²) in [6, 6.07) is 1.15. The number of hydrogen-bond donors (Lipinski definition) is 3. The maximum absolute atomic E-state index is 12.4. The number of halogens is 2. The minimum atomic E-state index is -1.86. The molecular formula is C14H16ClFN2O5. The number of aliphatic hydroxyl groups is 2. The monoisotopic (exact) mass is 346 g/mol. The quantitative estimate of drug-likeness (QED) is 0.491. The lowest BCUT2D eigenvalue weighted by atomic mass is 9.96. The van der Waals surface area contributed by atoms with Crippen LogP contribution < -0.4 is 11.2 Å². The molecule has 1 aliphatic rings. The van der Waals surface area contributed by atoms with Gasteiger partial charge in [-0.3, -0.25) is 14.3 Å². The highest BCUT2D eigenvalue weighted by molar-refractivity contribution is 6.27. The third-order valence-electron chi connectivity index (χ3n) is 3.61. The number of aromatic nitrogens is 2. The summed E-state index contributed by atoms with van der Waals surface area (Å²) < 4.78 is 18.9. The fourth-order valence-corrected chi connectivity index (χ4v) is 2.89. The van der Waals surface area contributed by atoms with Gasteiger partial charge >= 0.3 is 5.69 Å². The number of aryl methyl sites for hydroxylation is 1. The Bertz CT molecular complexity index is 765. The van der Waals surface area contributed by atoms with Crippen molar-refractivity contribution >= 4 is 11.6 Å². The largest absolute Gasteiger partial charge is 0.391 e. The van der Waals surface area contributed by atoms with E-state index in [2.05, 4.69) is 16.8 Å². The molecule has 0 aliphatic carbocycles. The normalized spacial score (nSPS) is 31.5. The predicted octanol–water partition coefficient (Wildman–Crippen LogP) is -0.565. The third-order valence-corrected chi connectivity index (χ3v) is 4.12. The molecule has 0 bridgehead atoms. The van der Waals surface area contributed by atoms with Gasteiger partial charge in [-0.15, -0.1) is 0 Å². The van der Waals surface area contributed by atoms with Crippen molar-refractivity contribution in [2.45, 2.75) is 43.3 Å². The molecule has 0 spiro atoms. The van der Waals surface area contributed by atoms with E-state index in [-0.39, 0.29) is 5.69 Å². The van der Waals surface area contributed by atoms with E-state index in [9.17, 15) is 24.2 Å². The van der Waals surface area contributed by atoms with Crippen LogP contribution in [0, 0.1) is 18.8 Å². The molecule has 0 aromatic carbocycles. The first-order chi connectivity index (χ1) is 10.7. The summed E-state index contributed by atoms with van der Waals surface area (Å²) in [5.41, 5.74) is -1.20. The van der Waals surface area contributed by atoms with Crippen LogP contribution in [0.1, 0.15) is 18.8 Å². The molecule has 2 rings (SSSR count). The van der Waals surface area contributed by atoms with Gasteiger partial charge in [0.05, 0.1) is 6.10 Å². The molecule has 9 heteroatoms. The van der Waals surface area contributed by atoms with Gasteiger partial charge in [-0.25, -0.2) is 9.18 Å². The Morgan fingerprint density at radius 2 is 2.26 bits per heavy atom. The Labute approximate surface area is 135 Å². The molecule has 23 heavy (non-hydrogen) atoms. The van der Waals surface area contributed by atoms with Crippen molar-refractivity contribution in [1.82, 2.24) is 9.55 Å². The molecular weight excluding hydrogens is 331 g/mol. The molecule has 2 heterocycles. The molecule has 1 aromatic rings. The number of H-pyrrole nitrogens is 1. The molecule has 0 amide bonds. The van der Waals surface area contributed by atoms with E-state index in [1.165, 1.54) is 13.8 Å². The number of aromatic amines is 1. The van der Waals surface area contributed by atoms with Crippen LogP contribution in [0.25, 0.3) is 0 Å². The van der Waals surface area contributed by atoms with Crippen LogP contribution in [-0.2, 0) is 4.74 Å². The second-order valence-electron chi connectivity index (χ2n) is 5.29. The average molecular weight is 347 g/mol. The van der Waals surface area contributed by atoms with E-state index in [0.717, 1.165) is 10.6 Å². The summed E-state index contributed by atoms with van der Waals surface area (Å²) in [6.07, 6.45) is -5.04. The van der Waals surface area contributed by atoms with Crippen LogP contribution in [0.15, 0.2) is 15.7 Å². The number of aliphatic hydroxyl groups excluding tert-OH is 2. The smallest absolute Gasteiger partial charge is 0.330 e. The molecule has 7 nitrogen and oxygen atoms in total. The highest BCUT2D eigenvalue weighted by Gasteiger charge is 2.57. The lowest BCUT2D eigenvalue weighted by Crippen LogP contribution is -2.45. The molecule has 0 radical (unpaired) electrons. The second kappa shape index (κ2) is 6.45. The summed E-state index contributed by atoms with van der Waals surface area (Å²) in [7, 11) is 0. The van der Waals surface area contributed by atoms with Crippen molar-refractivity contribution in [3.8, 4) is 11.8 Å². The first kappa shape index (κ1) is 17.7. The average Bonchev–Trinajstić information content (AvgIpc) is 2.70. The SMILES string of the molecule is Cc1cc(=O)[nH]c(=O)n1[C@@H]1O[C@H]([C@@H](C)O)[C@H](O)C1(Cl)C#CCF. The van der Waals surface area contributed by atoms with E-state index >= 15 is 0 Å². The summed E-state index contributed by atoms with van der Waals surface area (Å²) in [6.45, 7) is 1.84. The van der Waals surface area contributed by atoms with Crippen LogP contribution in [0.3, 0.4) is 0 Å². The zero-order chi connectivity index (χ0) is 17.4. The Kier molecular flexibility index (Phi) is 4.96. The Hall–Kier alpha value is -1.66. The number of alkyl halides is 2. The number of rotatable bonds is 2. The van der Waals surface area contributed by atoms with Crippen LogP contribution >= 0.6 is 11.6 Å². The summed E-state index contributed by atoms with van der Waals surface area (Å²) in [4.78, 5) is 23.6. The highest BCUT2D eigenvalue weighted by Crippen LogP contribution is 2.43. The molecule has 1 aliphatic heterocycles. The van der Waals surface area contributed by atoms with Crippen molar-refractivity contribution in [3.05, 3.63) is 32.6 Å². The fraction of sp³-hybridized carbons (Fsp3) is 0.571. The van der Waals surface area contributed by atoms with Gasteiger partial charge in [0.25, 0.3) is 5.56 Å². The van der Waals surface area contributed by atoms with Crippen molar-refractivity contribution in [1.29, 1.82) is 0 Å². The van der Waals surface area contributed by atoms with E-state index in [0.29, 0.717) is 0 Å². The first-order valence-electron chi connectivity index (χ1n) is 6.81. The Morgan fingerprint density at radius 3 is 2.78 bits per heavy atom. The molecule has 0 saturated carbocycles. The van der Waals surface area contributed by atoms with Crippen LogP contribution in [0.5, 0.6) is 0 Å². The minimum absolute atomic E-state index is 0.217. The van der Waals surface area contributed by atoms with Gasteiger partial charge in [0.1, 0.15) is 18.9 Å². The van der Waals surface area contributed by atoms with Crippen molar-refractivity contribution in [2.24, 2.45) is 0 Å². The fourth-order valence-electron chi connectivity index (χ4n) is 2.55. The zero-order valence-corrected chi connectivity index (χ0v) is 13.2. The van der Waals surface area contributed by atoms with Crippen LogP contribution in [0.2, 0.25) is 0 Å². The van der Waals surface area contributed by atoms with Crippen molar-refractivity contribution in [3.63, 3.8) is 0 Å². The Balaban J connectivity index is 2.63. The molecule has 3 N–H and O–H groups in total. The number of hydrogen-bond acceptors (Lipinski definition) is 5. The van der Waals surface area contributed by atoms with E-state index in [1.54, 1.807) is 0 Å². The number of nitrogens with one attached hydrogen (secondary N) is 1. The van der Waals surface area contributed by atoms with Crippen LogP contribution in [-0.4, -0.2) is 49.6 Å². The van der Waals surface area contributed by atoms with Crippen LogP contribution in [0.4, 0.5) is 4.39 Å². The molecule has 1 unspecified atom stereocenters. The van der Waals surface area contributed by atoms with Crippen molar-refractivity contribution < 1.29 is 19.3 Å². The van der Waals surface area contributed by atoms with E-state index < -0.39 is 47.3 Å². The molecule has 126 valence electrons. The van der Waals surface area contributed by atoms with Gasteiger partial charge < -0.3 is 14.9 Å². The number of nitrogens with zero attached hydrogens (tertiary/aromatic N) is 1. The standard InChI is InChI=1S/C14H16ClFN2O5/c1-7-6-9(20)17-13(22)18(7)12-14(15,4-3-5-16)11(21)10(23-12)8(2)19/h6,8,10-12,19,21H,5H2,1-2H3,(H,17,20,22)/t8-,10-,11+,12-,14?/m1/s1. The molecule has 1 fully saturated rings. The third kappa shape index (κ3) is 3.05. The number of ether oxygens (including phenoxy) is 1. The molecule has 1 aromatic heterocycles. The first-order valence-corrected chi connectivity index (χ1v) is 7.19. The predicted molar refractivity (Wildman–Crippen MR) is 80.0 cm³/mol. The van der Waals surface area contributed by atoms with E-state index in [1.807, 2.05) is 0 Å². The molecule has 5 atom stereocenters. The van der Waals surface area contributed by atoms with Gasteiger partial charge in [-0.05, 0) is 13.8 Å². The van der Waals surface area contributed by atoms with Gasteiger partial charge in [0.15, 0.2) is 11.1 Å². The van der Waals surface area contributed by atoms with E-state index in [4.69, 9.17) is 16.3 Å². The lowest BCUT2D eigenvalue weighted by molar-refractivity contribution is -0.0778. The zero-order valence-electron chi connectivity index (χ0n) is 12.4. The van der Waals surface area contributed by atoms with Crippen molar-refractivity contribution in [2.75, 3.05) is 6.67 Å². The topological polar surface area (TPSA) is 105 Å². The summed E-state index contributed by atoms with van der Waals surface area (Å²) in [5, 5.41) is 20.1. The second-order valence-corrected chi connectivity index (χ2v) is 5.92. The summed E-state index contributed by atoms with van der Waals surface area (Å²) >= 11 is 6.34. The minimum Gasteiger partial charge on any atom is -0.391 e. The molecule has 1 saturated heterocycles. The van der Waals surface area contributed by atoms with Gasteiger partial charge in [0.2, 0.25) is 0 Å². The Morgan fingerprint density at radius 1 is 1.61 bits per heavy atom. The highest BCUT2D eigenvalue weighted by atomic mass is 35.5. The van der Waals surface area contributed by atoms with Gasteiger partial charge in [-0.1, -0.05) is 23.4 Å². The van der Waals surface area contributed by atoms with Gasteiger partial charge in [0, 0.05) is 11.8 Å². The summed E-state index contributed by atoms with van der Waals surface area (Å²) in [5.74, 6) is 4.48. The lowest BCUT2D eigenvalue weighted by Gasteiger charge is -2.26. The van der Waals surface area contributed by atoms with Gasteiger partial charge in [-0.2, -0.15) is 0 Å².